The SMILES string of the molecule is CCC(CC)(C(=O)N(C)Cc1ccccc1Cl)C(N)=S. The molecule has 0 bridgehead atoms. The lowest BCUT2D eigenvalue weighted by Gasteiger charge is -2.33. The van der Waals surface area contributed by atoms with Gasteiger partial charge in [0.05, 0.1) is 10.4 Å². The van der Waals surface area contributed by atoms with Crippen LogP contribution in [0.4, 0.5) is 0 Å². The molecule has 1 rings (SSSR count). The molecule has 0 fully saturated rings. The Labute approximate surface area is 131 Å². The highest BCUT2D eigenvalue weighted by Crippen LogP contribution is 2.30. The van der Waals surface area contributed by atoms with Gasteiger partial charge in [0.25, 0.3) is 0 Å². The quantitative estimate of drug-likeness (QED) is 0.819. The molecule has 110 valence electrons. The number of hydrogen-bond acceptors (Lipinski definition) is 2. The normalized spacial score (nSPS) is 11.2. The highest BCUT2D eigenvalue weighted by molar-refractivity contribution is 7.80. The summed E-state index contributed by atoms with van der Waals surface area (Å²) in [5, 5.41) is 0.654. The van der Waals surface area contributed by atoms with E-state index >= 15 is 0 Å². The molecule has 0 aliphatic rings. The fraction of sp³-hybridized carbons (Fsp3) is 0.467. The summed E-state index contributed by atoms with van der Waals surface area (Å²) in [6.45, 7) is 4.32. The lowest BCUT2D eigenvalue weighted by atomic mass is 9.80. The van der Waals surface area contributed by atoms with Crippen LogP contribution in [0.15, 0.2) is 24.3 Å². The van der Waals surface area contributed by atoms with Crippen LogP contribution < -0.4 is 5.73 Å². The first kappa shape index (κ1) is 16.9. The number of hydrogen-bond donors (Lipinski definition) is 1. The first-order valence-electron chi connectivity index (χ1n) is 6.68. The van der Waals surface area contributed by atoms with E-state index in [0.717, 1.165) is 5.56 Å². The van der Waals surface area contributed by atoms with Gasteiger partial charge in [-0.2, -0.15) is 0 Å². The Kier molecular flexibility index (Phi) is 5.96. The molecule has 0 heterocycles. The monoisotopic (exact) mass is 312 g/mol. The molecule has 0 radical (unpaired) electrons. The molecule has 0 saturated heterocycles. The summed E-state index contributed by atoms with van der Waals surface area (Å²) in [5.41, 5.74) is 5.97. The number of amides is 1. The van der Waals surface area contributed by atoms with Gasteiger partial charge in [-0.05, 0) is 24.5 Å². The van der Waals surface area contributed by atoms with E-state index in [2.05, 4.69) is 0 Å². The van der Waals surface area contributed by atoms with E-state index < -0.39 is 5.41 Å². The van der Waals surface area contributed by atoms with Gasteiger partial charge in [0.1, 0.15) is 0 Å². The summed E-state index contributed by atoms with van der Waals surface area (Å²) in [4.78, 5) is 14.6. The van der Waals surface area contributed by atoms with Crippen molar-refractivity contribution >= 4 is 34.7 Å². The number of thiocarbonyl (C=S) groups is 1. The predicted molar refractivity (Wildman–Crippen MR) is 87.7 cm³/mol. The van der Waals surface area contributed by atoms with Gasteiger partial charge in [0.15, 0.2) is 0 Å². The Balaban J connectivity index is 2.96. The summed E-state index contributed by atoms with van der Waals surface area (Å²) in [7, 11) is 1.75. The lowest BCUT2D eigenvalue weighted by molar-refractivity contribution is -0.137. The maximum Gasteiger partial charge on any atom is 0.235 e. The Morgan fingerprint density at radius 1 is 1.35 bits per heavy atom. The highest BCUT2D eigenvalue weighted by atomic mass is 35.5. The van der Waals surface area contributed by atoms with E-state index in [4.69, 9.17) is 29.6 Å². The molecule has 1 amide bonds. The van der Waals surface area contributed by atoms with Crippen molar-refractivity contribution in [1.82, 2.24) is 4.90 Å². The van der Waals surface area contributed by atoms with Gasteiger partial charge in [0, 0.05) is 18.6 Å². The van der Waals surface area contributed by atoms with Gasteiger partial charge in [-0.15, -0.1) is 0 Å². The van der Waals surface area contributed by atoms with Crippen LogP contribution >= 0.6 is 23.8 Å². The molecule has 0 aliphatic heterocycles. The summed E-state index contributed by atoms with van der Waals surface area (Å²) in [6, 6.07) is 7.49. The Morgan fingerprint density at radius 3 is 2.35 bits per heavy atom. The number of nitrogens with zero attached hydrogens (tertiary/aromatic N) is 1. The molecule has 3 nitrogen and oxygen atoms in total. The minimum atomic E-state index is -0.759. The molecule has 20 heavy (non-hydrogen) atoms. The van der Waals surface area contributed by atoms with Crippen molar-refractivity contribution in [3.63, 3.8) is 0 Å². The summed E-state index contributed by atoms with van der Waals surface area (Å²) < 4.78 is 0. The molecule has 0 aromatic heterocycles. The number of rotatable bonds is 6. The largest absolute Gasteiger partial charge is 0.392 e. The van der Waals surface area contributed by atoms with E-state index in [-0.39, 0.29) is 10.9 Å². The average molecular weight is 313 g/mol. The molecule has 1 aromatic rings. The van der Waals surface area contributed by atoms with E-state index in [9.17, 15) is 4.79 Å². The third kappa shape index (κ3) is 3.30. The number of carbonyl (C=O) groups is 1. The van der Waals surface area contributed by atoms with Crippen molar-refractivity contribution in [1.29, 1.82) is 0 Å². The van der Waals surface area contributed by atoms with Crippen molar-refractivity contribution in [3.8, 4) is 0 Å². The highest BCUT2D eigenvalue weighted by Gasteiger charge is 2.40. The van der Waals surface area contributed by atoms with E-state index in [1.165, 1.54) is 0 Å². The zero-order valence-corrected chi connectivity index (χ0v) is 13.7. The maximum atomic E-state index is 12.7. The molecular formula is C15H21ClN2OS. The van der Waals surface area contributed by atoms with Crippen LogP contribution in [-0.2, 0) is 11.3 Å². The van der Waals surface area contributed by atoms with Crippen molar-refractivity contribution in [2.75, 3.05) is 7.05 Å². The number of benzene rings is 1. The molecule has 0 unspecified atom stereocenters. The molecular weight excluding hydrogens is 292 g/mol. The van der Waals surface area contributed by atoms with Crippen LogP contribution in [0.5, 0.6) is 0 Å². The maximum absolute atomic E-state index is 12.7. The zero-order valence-electron chi connectivity index (χ0n) is 12.1. The van der Waals surface area contributed by atoms with Crippen molar-refractivity contribution in [2.45, 2.75) is 33.2 Å². The topological polar surface area (TPSA) is 46.3 Å². The first-order valence-corrected chi connectivity index (χ1v) is 7.46. The molecule has 2 N–H and O–H groups in total. The van der Waals surface area contributed by atoms with E-state index in [0.29, 0.717) is 24.4 Å². The molecule has 1 aromatic carbocycles. The van der Waals surface area contributed by atoms with Gasteiger partial charge >= 0.3 is 0 Å². The minimum absolute atomic E-state index is 0.0464. The second-order valence-corrected chi connectivity index (χ2v) is 5.75. The molecule has 5 heteroatoms. The fourth-order valence-electron chi connectivity index (χ4n) is 2.33. The third-order valence-corrected chi connectivity index (χ3v) is 4.56. The van der Waals surface area contributed by atoms with Crippen LogP contribution in [-0.4, -0.2) is 22.8 Å². The number of nitrogens with two attached hydrogens (primary N) is 1. The van der Waals surface area contributed by atoms with Gasteiger partial charge < -0.3 is 10.6 Å². The lowest BCUT2D eigenvalue weighted by Crippen LogP contribution is -2.48. The summed E-state index contributed by atoms with van der Waals surface area (Å²) >= 11 is 11.2. The number of halogens is 1. The van der Waals surface area contributed by atoms with Gasteiger partial charge in [0.2, 0.25) is 5.91 Å². The standard InChI is InChI=1S/C15H21ClN2OS/c1-4-15(5-2,13(17)20)14(19)18(3)10-11-8-6-7-9-12(11)16/h6-9H,4-5,10H2,1-3H3,(H2,17,20). The smallest absolute Gasteiger partial charge is 0.235 e. The summed E-state index contributed by atoms with van der Waals surface area (Å²) in [5.74, 6) is -0.0464. The Bertz CT molecular complexity index is 500. The molecule has 0 aliphatic carbocycles. The third-order valence-electron chi connectivity index (χ3n) is 3.80. The molecule has 0 atom stereocenters. The average Bonchev–Trinajstić information content (AvgIpc) is 2.42. The second-order valence-electron chi connectivity index (χ2n) is 4.91. The van der Waals surface area contributed by atoms with Crippen LogP contribution in [0.2, 0.25) is 5.02 Å². The van der Waals surface area contributed by atoms with Gasteiger partial charge in [-0.1, -0.05) is 55.9 Å². The Hall–Kier alpha value is -1.13. The van der Waals surface area contributed by atoms with Crippen LogP contribution in [0, 0.1) is 5.41 Å². The fourth-order valence-corrected chi connectivity index (χ4v) is 2.90. The molecule has 0 spiro atoms. The van der Waals surface area contributed by atoms with Gasteiger partial charge in [-0.25, -0.2) is 0 Å². The Morgan fingerprint density at radius 2 is 1.90 bits per heavy atom. The van der Waals surface area contributed by atoms with Crippen LogP contribution in [0.3, 0.4) is 0 Å². The van der Waals surface area contributed by atoms with Crippen LogP contribution in [0.25, 0.3) is 0 Å². The van der Waals surface area contributed by atoms with Gasteiger partial charge in [-0.3, -0.25) is 4.79 Å². The van der Waals surface area contributed by atoms with Crippen molar-refractivity contribution < 1.29 is 4.79 Å². The zero-order chi connectivity index (χ0) is 15.3. The van der Waals surface area contributed by atoms with E-state index in [1.807, 2.05) is 38.1 Å². The summed E-state index contributed by atoms with van der Waals surface area (Å²) in [6.07, 6.45) is 1.20. The number of carbonyl (C=O) groups excluding carboxylic acids is 1. The van der Waals surface area contributed by atoms with Crippen LogP contribution in [0.1, 0.15) is 32.3 Å². The minimum Gasteiger partial charge on any atom is -0.392 e. The van der Waals surface area contributed by atoms with Crippen molar-refractivity contribution in [3.05, 3.63) is 34.9 Å². The second kappa shape index (κ2) is 7.04. The van der Waals surface area contributed by atoms with Crippen molar-refractivity contribution in [2.24, 2.45) is 11.1 Å². The first-order chi connectivity index (χ1) is 9.39. The van der Waals surface area contributed by atoms with E-state index in [1.54, 1.807) is 11.9 Å². The predicted octanol–water partition coefficient (Wildman–Crippen LogP) is 3.39. The molecule has 0 saturated carbocycles.